The van der Waals surface area contributed by atoms with E-state index in [2.05, 4.69) is 25.7 Å². The fraction of sp³-hybridized carbons (Fsp3) is 0.938. The van der Waals surface area contributed by atoms with Crippen molar-refractivity contribution in [2.45, 2.75) is 60.3 Å². The Kier molecular flexibility index (Phi) is 3.50. The Morgan fingerprint density at radius 2 is 1.67 bits per heavy atom. The summed E-state index contributed by atoms with van der Waals surface area (Å²) < 4.78 is 0. The summed E-state index contributed by atoms with van der Waals surface area (Å²) in [6.45, 7) is 13.1. The third-order valence-corrected chi connectivity index (χ3v) is 5.21. The maximum atomic E-state index is 12.0. The molecule has 2 heteroatoms. The highest BCUT2D eigenvalue weighted by molar-refractivity contribution is 5.78. The van der Waals surface area contributed by atoms with Gasteiger partial charge in [0.1, 0.15) is 0 Å². The van der Waals surface area contributed by atoms with Crippen LogP contribution in [0.15, 0.2) is 0 Å². The Labute approximate surface area is 112 Å². The molecule has 2 aliphatic rings. The van der Waals surface area contributed by atoms with Gasteiger partial charge in [-0.1, -0.05) is 34.6 Å². The highest BCUT2D eigenvalue weighted by atomic mass is 16.2. The topological polar surface area (TPSA) is 20.3 Å². The van der Waals surface area contributed by atoms with E-state index >= 15 is 0 Å². The van der Waals surface area contributed by atoms with Gasteiger partial charge in [0.05, 0.1) is 0 Å². The molecule has 0 unspecified atom stereocenters. The van der Waals surface area contributed by atoms with E-state index < -0.39 is 0 Å². The number of carbonyl (C=O) groups is 1. The van der Waals surface area contributed by atoms with E-state index in [0.29, 0.717) is 16.7 Å². The Bertz CT molecular complexity index is 310. The van der Waals surface area contributed by atoms with Crippen molar-refractivity contribution in [3.63, 3.8) is 0 Å². The molecule has 1 heterocycles. The summed E-state index contributed by atoms with van der Waals surface area (Å²) in [5.41, 5.74) is 1.06. The van der Waals surface area contributed by atoms with Crippen LogP contribution in [-0.4, -0.2) is 23.9 Å². The molecule has 104 valence electrons. The van der Waals surface area contributed by atoms with Crippen molar-refractivity contribution in [1.82, 2.24) is 4.90 Å². The molecule has 1 saturated heterocycles. The SMILES string of the molecule is CC(C)C(=O)N1CCC2(CC1)CC(C(C)(C)C)C2. The molecule has 0 aromatic carbocycles. The molecular formula is C16H29NO. The number of nitrogens with zero attached hydrogens (tertiary/aromatic N) is 1. The lowest BCUT2D eigenvalue weighted by Gasteiger charge is -2.56. The zero-order chi connectivity index (χ0) is 13.6. The molecule has 0 atom stereocenters. The van der Waals surface area contributed by atoms with Crippen LogP contribution in [0.3, 0.4) is 0 Å². The Balaban J connectivity index is 1.84. The zero-order valence-corrected chi connectivity index (χ0v) is 12.8. The maximum absolute atomic E-state index is 12.0. The van der Waals surface area contributed by atoms with Gasteiger partial charge in [0.2, 0.25) is 5.91 Å². The molecule has 0 N–H and O–H groups in total. The monoisotopic (exact) mass is 251 g/mol. The van der Waals surface area contributed by atoms with Gasteiger partial charge in [0.15, 0.2) is 0 Å². The predicted molar refractivity (Wildman–Crippen MR) is 75.3 cm³/mol. The average Bonchev–Trinajstić information content (AvgIpc) is 2.23. The number of carbonyl (C=O) groups excluding carboxylic acids is 1. The molecule has 1 saturated carbocycles. The molecule has 1 spiro atoms. The van der Waals surface area contributed by atoms with Crippen LogP contribution in [0.2, 0.25) is 0 Å². The number of rotatable bonds is 1. The Morgan fingerprint density at radius 3 is 2.06 bits per heavy atom. The molecule has 2 nitrogen and oxygen atoms in total. The van der Waals surface area contributed by atoms with Crippen LogP contribution in [0.4, 0.5) is 0 Å². The summed E-state index contributed by atoms with van der Waals surface area (Å²) in [5.74, 6) is 1.39. The third kappa shape index (κ3) is 2.57. The molecule has 0 radical (unpaired) electrons. The van der Waals surface area contributed by atoms with Crippen LogP contribution in [0, 0.1) is 22.7 Å². The van der Waals surface area contributed by atoms with Gasteiger partial charge in [-0.05, 0) is 42.4 Å². The van der Waals surface area contributed by atoms with E-state index in [4.69, 9.17) is 0 Å². The molecule has 1 aliphatic heterocycles. The first-order valence-electron chi connectivity index (χ1n) is 7.52. The Morgan fingerprint density at radius 1 is 1.17 bits per heavy atom. The molecule has 2 fully saturated rings. The van der Waals surface area contributed by atoms with Crippen molar-refractivity contribution in [3.8, 4) is 0 Å². The minimum Gasteiger partial charge on any atom is -0.342 e. The second-order valence-electron chi connectivity index (χ2n) is 7.95. The summed E-state index contributed by atoms with van der Waals surface area (Å²) in [5, 5.41) is 0. The minimum atomic E-state index is 0.155. The van der Waals surface area contributed by atoms with Crippen molar-refractivity contribution in [2.75, 3.05) is 13.1 Å². The van der Waals surface area contributed by atoms with Crippen molar-refractivity contribution >= 4 is 5.91 Å². The quantitative estimate of drug-likeness (QED) is 0.695. The first kappa shape index (κ1) is 13.9. The van der Waals surface area contributed by atoms with Crippen LogP contribution >= 0.6 is 0 Å². The normalized spacial score (nSPS) is 24.4. The number of hydrogen-bond acceptors (Lipinski definition) is 1. The molecule has 0 aromatic rings. The maximum Gasteiger partial charge on any atom is 0.225 e. The predicted octanol–water partition coefficient (Wildman–Crippen LogP) is 3.71. The van der Waals surface area contributed by atoms with Gasteiger partial charge in [-0.3, -0.25) is 4.79 Å². The van der Waals surface area contributed by atoms with Crippen molar-refractivity contribution in [3.05, 3.63) is 0 Å². The van der Waals surface area contributed by atoms with Crippen LogP contribution in [0.5, 0.6) is 0 Å². The number of hydrogen-bond donors (Lipinski definition) is 0. The number of piperidine rings is 1. The van der Waals surface area contributed by atoms with Gasteiger partial charge < -0.3 is 4.90 Å². The lowest BCUT2D eigenvalue weighted by Crippen LogP contribution is -2.51. The molecular weight excluding hydrogens is 222 g/mol. The van der Waals surface area contributed by atoms with E-state index in [-0.39, 0.29) is 5.92 Å². The lowest BCUT2D eigenvalue weighted by atomic mass is 9.52. The molecule has 18 heavy (non-hydrogen) atoms. The Hall–Kier alpha value is -0.530. The van der Waals surface area contributed by atoms with E-state index in [1.165, 1.54) is 25.7 Å². The van der Waals surface area contributed by atoms with Crippen LogP contribution < -0.4 is 0 Å². The second-order valence-corrected chi connectivity index (χ2v) is 7.95. The molecule has 1 amide bonds. The number of likely N-dealkylation sites (tertiary alicyclic amines) is 1. The van der Waals surface area contributed by atoms with Crippen molar-refractivity contribution in [1.29, 1.82) is 0 Å². The van der Waals surface area contributed by atoms with Gasteiger partial charge in [0, 0.05) is 19.0 Å². The second kappa shape index (κ2) is 4.54. The van der Waals surface area contributed by atoms with Gasteiger partial charge in [-0.15, -0.1) is 0 Å². The van der Waals surface area contributed by atoms with Crippen molar-refractivity contribution < 1.29 is 4.79 Å². The minimum absolute atomic E-state index is 0.155. The largest absolute Gasteiger partial charge is 0.342 e. The van der Waals surface area contributed by atoms with E-state index in [1.54, 1.807) is 0 Å². The van der Waals surface area contributed by atoms with Gasteiger partial charge in [-0.2, -0.15) is 0 Å². The van der Waals surface area contributed by atoms with Gasteiger partial charge in [0.25, 0.3) is 0 Å². The first-order valence-corrected chi connectivity index (χ1v) is 7.52. The lowest BCUT2D eigenvalue weighted by molar-refractivity contribution is -0.140. The summed E-state index contributed by atoms with van der Waals surface area (Å²) in [6, 6.07) is 0. The smallest absolute Gasteiger partial charge is 0.225 e. The highest BCUT2D eigenvalue weighted by Gasteiger charge is 2.49. The van der Waals surface area contributed by atoms with E-state index in [9.17, 15) is 4.79 Å². The van der Waals surface area contributed by atoms with Crippen LogP contribution in [0.25, 0.3) is 0 Å². The third-order valence-electron chi connectivity index (χ3n) is 5.21. The fourth-order valence-corrected chi connectivity index (χ4v) is 3.57. The van der Waals surface area contributed by atoms with Crippen molar-refractivity contribution in [2.24, 2.45) is 22.7 Å². The zero-order valence-electron chi connectivity index (χ0n) is 12.8. The van der Waals surface area contributed by atoms with E-state index in [0.717, 1.165) is 19.0 Å². The molecule has 0 aromatic heterocycles. The number of amides is 1. The average molecular weight is 251 g/mol. The molecule has 1 aliphatic carbocycles. The summed E-state index contributed by atoms with van der Waals surface area (Å²) in [7, 11) is 0. The standard InChI is InChI=1S/C16H29NO/c1-12(2)14(18)17-8-6-16(7-9-17)10-13(11-16)15(3,4)5/h12-13H,6-11H2,1-5H3. The van der Waals surface area contributed by atoms with Gasteiger partial charge >= 0.3 is 0 Å². The van der Waals surface area contributed by atoms with Crippen LogP contribution in [-0.2, 0) is 4.79 Å². The summed E-state index contributed by atoms with van der Waals surface area (Å²) >= 11 is 0. The summed E-state index contributed by atoms with van der Waals surface area (Å²) in [6.07, 6.45) is 5.25. The van der Waals surface area contributed by atoms with Gasteiger partial charge in [-0.25, -0.2) is 0 Å². The first-order chi connectivity index (χ1) is 8.23. The fourth-order valence-electron chi connectivity index (χ4n) is 3.57. The highest BCUT2D eigenvalue weighted by Crippen LogP contribution is 2.57. The van der Waals surface area contributed by atoms with E-state index in [1.807, 2.05) is 13.8 Å². The molecule has 0 bridgehead atoms. The molecule has 2 rings (SSSR count). The summed E-state index contributed by atoms with van der Waals surface area (Å²) in [4.78, 5) is 14.0. The van der Waals surface area contributed by atoms with Crippen LogP contribution in [0.1, 0.15) is 60.3 Å².